The summed E-state index contributed by atoms with van der Waals surface area (Å²) in [4.78, 5) is 19.3. The topological polar surface area (TPSA) is 105 Å². The van der Waals surface area contributed by atoms with Gasteiger partial charge in [0.1, 0.15) is 5.75 Å². The number of hydrogen-bond acceptors (Lipinski definition) is 5. The molecule has 0 amide bonds. The number of alkyl halides is 3. The number of rotatable bonds is 13. The second kappa shape index (κ2) is 15.7. The van der Waals surface area contributed by atoms with E-state index < -0.39 is 18.1 Å². The molecular weight excluding hydrogens is 443 g/mol. The zero-order chi connectivity index (χ0) is 24.5. The Morgan fingerprint density at radius 1 is 0.879 bits per heavy atom. The van der Waals surface area contributed by atoms with Gasteiger partial charge in [-0.3, -0.25) is 4.79 Å². The quantitative estimate of drug-likeness (QED) is 0.375. The Morgan fingerprint density at radius 3 is 2.06 bits per heavy atom. The molecule has 7 nitrogen and oxygen atoms in total. The monoisotopic (exact) mass is 471 g/mol. The zero-order valence-electron chi connectivity index (χ0n) is 18.0. The number of carboxylic acid groups (broad SMARTS) is 2. The first kappa shape index (κ1) is 27.9. The number of aliphatic carboxylic acids is 2. The van der Waals surface area contributed by atoms with Crippen LogP contribution in [0.5, 0.6) is 5.75 Å². The molecule has 0 aliphatic rings. The zero-order valence-corrected chi connectivity index (χ0v) is 18.0. The van der Waals surface area contributed by atoms with Crippen LogP contribution >= 0.6 is 0 Å². The maximum absolute atomic E-state index is 10.6. The first-order valence-electron chi connectivity index (χ1n) is 10.2. The number of halogens is 3. The summed E-state index contributed by atoms with van der Waals surface area (Å²) < 4.78 is 43.1. The molecule has 0 saturated carbocycles. The third kappa shape index (κ3) is 14.6. The smallest absolute Gasteiger partial charge is 0.490 e. The molecular formula is C23H28F3NO6. The molecule has 182 valence electrons. The fraction of sp³-hybridized carbons (Fsp3) is 0.391. The first-order chi connectivity index (χ1) is 15.7. The van der Waals surface area contributed by atoms with Gasteiger partial charge in [-0.15, -0.1) is 0 Å². The summed E-state index contributed by atoms with van der Waals surface area (Å²) in [6, 6.07) is 18.0. The molecule has 2 aromatic rings. The largest absolute Gasteiger partial charge is 0.494 e. The standard InChI is InChI=1S/C21H27NO4.C2HF3O2/c23-21(24)12-13-22-16-18-8-10-20(11-9-18)26-15-5-4-14-25-17-19-6-2-1-3-7-19;3-2(4,5)1(6)7/h1-3,6-11,22H,4-5,12-17H2,(H,23,24);(H,6,7). The van der Waals surface area contributed by atoms with Gasteiger partial charge in [-0.25, -0.2) is 4.79 Å². The lowest BCUT2D eigenvalue weighted by atomic mass is 10.2. The van der Waals surface area contributed by atoms with Crippen LogP contribution in [0.2, 0.25) is 0 Å². The van der Waals surface area contributed by atoms with Crippen LogP contribution in [0.4, 0.5) is 13.2 Å². The Hall–Kier alpha value is -3.11. The van der Waals surface area contributed by atoms with Gasteiger partial charge in [0.05, 0.1) is 19.6 Å². The van der Waals surface area contributed by atoms with E-state index in [1.165, 1.54) is 5.56 Å². The highest BCUT2D eigenvalue weighted by Crippen LogP contribution is 2.13. The van der Waals surface area contributed by atoms with Crippen molar-refractivity contribution in [2.24, 2.45) is 0 Å². The van der Waals surface area contributed by atoms with Crippen molar-refractivity contribution in [2.45, 2.75) is 38.6 Å². The Labute approximate surface area is 190 Å². The van der Waals surface area contributed by atoms with Crippen LogP contribution in [0.15, 0.2) is 54.6 Å². The van der Waals surface area contributed by atoms with E-state index in [-0.39, 0.29) is 6.42 Å². The van der Waals surface area contributed by atoms with Gasteiger partial charge >= 0.3 is 18.1 Å². The minimum Gasteiger partial charge on any atom is -0.494 e. The summed E-state index contributed by atoms with van der Waals surface area (Å²) in [5.74, 6) is -2.69. The van der Waals surface area contributed by atoms with Crippen LogP contribution < -0.4 is 10.1 Å². The van der Waals surface area contributed by atoms with E-state index in [0.717, 1.165) is 30.8 Å². The number of benzene rings is 2. The Bertz CT molecular complexity index is 813. The second-order valence-corrected chi connectivity index (χ2v) is 6.86. The summed E-state index contributed by atoms with van der Waals surface area (Å²) in [6.07, 6.45) is -3.03. The van der Waals surface area contributed by atoms with Crippen molar-refractivity contribution in [1.82, 2.24) is 5.32 Å². The van der Waals surface area contributed by atoms with Gasteiger partial charge in [0.15, 0.2) is 0 Å². The number of hydrogen-bond donors (Lipinski definition) is 3. The Morgan fingerprint density at radius 2 is 1.48 bits per heavy atom. The molecule has 0 aromatic heterocycles. The van der Waals surface area contributed by atoms with Gasteiger partial charge in [0.2, 0.25) is 0 Å². The fourth-order valence-corrected chi connectivity index (χ4v) is 2.39. The molecule has 2 rings (SSSR count). The number of ether oxygens (including phenoxy) is 2. The average molecular weight is 471 g/mol. The highest BCUT2D eigenvalue weighted by molar-refractivity contribution is 5.73. The van der Waals surface area contributed by atoms with Crippen LogP contribution in [0.1, 0.15) is 30.4 Å². The molecule has 2 aromatic carbocycles. The van der Waals surface area contributed by atoms with E-state index in [1.807, 2.05) is 42.5 Å². The van der Waals surface area contributed by atoms with Gasteiger partial charge in [0.25, 0.3) is 0 Å². The normalized spacial score (nSPS) is 10.8. The molecule has 0 aliphatic carbocycles. The van der Waals surface area contributed by atoms with Crippen LogP contribution in [0.3, 0.4) is 0 Å². The SMILES string of the molecule is O=C(O)C(F)(F)F.O=C(O)CCNCc1ccc(OCCCCOCc2ccccc2)cc1. The summed E-state index contributed by atoms with van der Waals surface area (Å²) >= 11 is 0. The van der Waals surface area contributed by atoms with E-state index in [1.54, 1.807) is 0 Å². The van der Waals surface area contributed by atoms with Gasteiger partial charge < -0.3 is 25.0 Å². The lowest BCUT2D eigenvalue weighted by Gasteiger charge is -2.08. The van der Waals surface area contributed by atoms with Crippen LogP contribution in [0.25, 0.3) is 0 Å². The maximum Gasteiger partial charge on any atom is 0.490 e. The molecule has 0 fully saturated rings. The minimum absolute atomic E-state index is 0.135. The van der Waals surface area contributed by atoms with Gasteiger partial charge in [-0.1, -0.05) is 42.5 Å². The maximum atomic E-state index is 10.6. The molecule has 0 unspecified atom stereocenters. The molecule has 0 radical (unpaired) electrons. The molecule has 0 saturated heterocycles. The van der Waals surface area contributed by atoms with Crippen molar-refractivity contribution < 1.29 is 42.4 Å². The summed E-state index contributed by atoms with van der Waals surface area (Å²) in [5, 5.41) is 18.8. The van der Waals surface area contributed by atoms with Crippen LogP contribution in [-0.2, 0) is 27.5 Å². The van der Waals surface area contributed by atoms with Crippen molar-refractivity contribution in [2.75, 3.05) is 19.8 Å². The Kier molecular flexibility index (Phi) is 13.2. The van der Waals surface area contributed by atoms with E-state index in [0.29, 0.717) is 26.3 Å². The number of carbonyl (C=O) groups is 2. The lowest BCUT2D eigenvalue weighted by Crippen LogP contribution is -2.21. The van der Waals surface area contributed by atoms with Gasteiger partial charge in [0, 0.05) is 19.7 Å². The third-order valence-electron chi connectivity index (χ3n) is 4.07. The van der Waals surface area contributed by atoms with Crippen molar-refractivity contribution in [3.8, 4) is 5.75 Å². The number of carboxylic acids is 2. The molecule has 3 N–H and O–H groups in total. The highest BCUT2D eigenvalue weighted by atomic mass is 19.4. The fourth-order valence-electron chi connectivity index (χ4n) is 2.39. The second-order valence-electron chi connectivity index (χ2n) is 6.86. The third-order valence-corrected chi connectivity index (χ3v) is 4.07. The molecule has 33 heavy (non-hydrogen) atoms. The summed E-state index contributed by atoms with van der Waals surface area (Å²) in [5.41, 5.74) is 2.30. The predicted octanol–water partition coefficient (Wildman–Crippen LogP) is 4.26. The molecule has 10 heteroatoms. The average Bonchev–Trinajstić information content (AvgIpc) is 2.77. The minimum atomic E-state index is -5.08. The molecule has 0 spiro atoms. The molecule has 0 bridgehead atoms. The van der Waals surface area contributed by atoms with Crippen molar-refractivity contribution in [3.63, 3.8) is 0 Å². The number of nitrogens with one attached hydrogen (secondary N) is 1. The van der Waals surface area contributed by atoms with E-state index in [9.17, 15) is 18.0 Å². The van der Waals surface area contributed by atoms with Gasteiger partial charge in [-0.05, 0) is 36.1 Å². The predicted molar refractivity (Wildman–Crippen MR) is 115 cm³/mol. The van der Waals surface area contributed by atoms with Gasteiger partial charge in [-0.2, -0.15) is 13.2 Å². The first-order valence-corrected chi connectivity index (χ1v) is 10.2. The number of unbranched alkanes of at least 4 members (excludes halogenated alkanes) is 1. The van der Waals surface area contributed by atoms with Crippen LogP contribution in [-0.4, -0.2) is 48.1 Å². The summed E-state index contributed by atoms with van der Waals surface area (Å²) in [7, 11) is 0. The molecule has 0 heterocycles. The van der Waals surface area contributed by atoms with Crippen molar-refractivity contribution in [3.05, 3.63) is 65.7 Å². The van der Waals surface area contributed by atoms with Crippen molar-refractivity contribution in [1.29, 1.82) is 0 Å². The molecule has 0 aliphatic heterocycles. The molecule has 0 atom stereocenters. The highest BCUT2D eigenvalue weighted by Gasteiger charge is 2.38. The van der Waals surface area contributed by atoms with Crippen molar-refractivity contribution >= 4 is 11.9 Å². The summed E-state index contributed by atoms with van der Waals surface area (Å²) in [6.45, 7) is 3.19. The Balaban J connectivity index is 0.000000675. The van der Waals surface area contributed by atoms with Crippen LogP contribution in [0, 0.1) is 0 Å². The van der Waals surface area contributed by atoms with E-state index in [2.05, 4.69) is 17.4 Å². The van der Waals surface area contributed by atoms with E-state index in [4.69, 9.17) is 24.5 Å². The van der Waals surface area contributed by atoms with E-state index >= 15 is 0 Å². The lowest BCUT2D eigenvalue weighted by molar-refractivity contribution is -0.192.